The topological polar surface area (TPSA) is 67.2 Å². The Kier molecular flexibility index (Phi) is 6.90. The number of amides is 2. The number of benzene rings is 2. The maximum absolute atomic E-state index is 12.9. The molecule has 1 N–H and O–H groups in total. The fraction of sp³-hybridized carbons (Fsp3) is 0.261. The lowest BCUT2D eigenvalue weighted by Gasteiger charge is -2.18. The lowest BCUT2D eigenvalue weighted by molar-refractivity contribution is 0.0773. The quantitative estimate of drug-likeness (QED) is 0.591. The van der Waals surface area contributed by atoms with Crippen LogP contribution in [0, 0.1) is 0 Å². The van der Waals surface area contributed by atoms with Crippen molar-refractivity contribution in [2.45, 2.75) is 27.2 Å². The SMILES string of the molecule is CCc1c(C(=O)Nc2ccc(C(=O)N(CC)CC)cc2)cnn1-c1cccc(Cl)c1. The lowest BCUT2D eigenvalue weighted by Crippen LogP contribution is -2.30. The van der Waals surface area contributed by atoms with E-state index in [1.54, 1.807) is 52.2 Å². The van der Waals surface area contributed by atoms with Crippen LogP contribution in [0.25, 0.3) is 5.69 Å². The van der Waals surface area contributed by atoms with Gasteiger partial charge in [0.05, 0.1) is 23.1 Å². The molecule has 0 aliphatic heterocycles. The molecule has 1 aromatic heterocycles. The van der Waals surface area contributed by atoms with Crippen molar-refractivity contribution in [3.63, 3.8) is 0 Å². The smallest absolute Gasteiger partial charge is 0.259 e. The molecule has 30 heavy (non-hydrogen) atoms. The van der Waals surface area contributed by atoms with Gasteiger partial charge in [0.25, 0.3) is 11.8 Å². The molecule has 0 aliphatic rings. The average molecular weight is 425 g/mol. The molecule has 0 fully saturated rings. The first-order chi connectivity index (χ1) is 14.5. The largest absolute Gasteiger partial charge is 0.339 e. The second-order valence-corrected chi connectivity index (χ2v) is 7.20. The Hall–Kier alpha value is -3.12. The highest BCUT2D eigenvalue weighted by Crippen LogP contribution is 2.20. The Balaban J connectivity index is 1.79. The van der Waals surface area contributed by atoms with E-state index in [-0.39, 0.29) is 11.8 Å². The van der Waals surface area contributed by atoms with Crippen molar-refractivity contribution in [1.82, 2.24) is 14.7 Å². The van der Waals surface area contributed by atoms with Crippen LogP contribution in [0.5, 0.6) is 0 Å². The van der Waals surface area contributed by atoms with Gasteiger partial charge in [-0.1, -0.05) is 24.6 Å². The third-order valence-electron chi connectivity index (χ3n) is 4.94. The van der Waals surface area contributed by atoms with Gasteiger partial charge in [0.15, 0.2) is 0 Å². The Bertz CT molecular complexity index is 1040. The highest BCUT2D eigenvalue weighted by atomic mass is 35.5. The van der Waals surface area contributed by atoms with E-state index in [0.29, 0.717) is 41.3 Å². The van der Waals surface area contributed by atoms with E-state index < -0.39 is 0 Å². The van der Waals surface area contributed by atoms with Crippen LogP contribution < -0.4 is 5.32 Å². The summed E-state index contributed by atoms with van der Waals surface area (Å²) in [5, 5.41) is 7.88. The summed E-state index contributed by atoms with van der Waals surface area (Å²) < 4.78 is 1.73. The predicted octanol–water partition coefficient (Wildman–Crippen LogP) is 4.82. The molecule has 0 unspecified atom stereocenters. The van der Waals surface area contributed by atoms with Crippen molar-refractivity contribution in [1.29, 1.82) is 0 Å². The van der Waals surface area contributed by atoms with E-state index in [4.69, 9.17) is 11.6 Å². The third kappa shape index (κ3) is 4.54. The summed E-state index contributed by atoms with van der Waals surface area (Å²) in [5.41, 5.74) is 3.31. The van der Waals surface area contributed by atoms with Gasteiger partial charge in [-0.05, 0) is 62.7 Å². The van der Waals surface area contributed by atoms with Gasteiger partial charge in [-0.2, -0.15) is 5.10 Å². The van der Waals surface area contributed by atoms with Gasteiger partial charge >= 0.3 is 0 Å². The summed E-state index contributed by atoms with van der Waals surface area (Å²) in [5.74, 6) is -0.267. The Morgan fingerprint density at radius 2 is 1.77 bits per heavy atom. The van der Waals surface area contributed by atoms with Gasteiger partial charge in [-0.15, -0.1) is 0 Å². The molecule has 1 heterocycles. The van der Waals surface area contributed by atoms with Crippen molar-refractivity contribution >= 4 is 29.1 Å². The zero-order chi connectivity index (χ0) is 21.7. The first-order valence-corrected chi connectivity index (χ1v) is 10.4. The molecule has 7 heteroatoms. The minimum atomic E-state index is -0.247. The number of aromatic nitrogens is 2. The predicted molar refractivity (Wildman–Crippen MR) is 120 cm³/mol. The van der Waals surface area contributed by atoms with Crippen LogP contribution >= 0.6 is 11.6 Å². The second kappa shape index (κ2) is 9.59. The molecule has 0 saturated carbocycles. The maximum atomic E-state index is 12.9. The maximum Gasteiger partial charge on any atom is 0.259 e. The number of halogens is 1. The lowest BCUT2D eigenvalue weighted by atomic mass is 10.1. The van der Waals surface area contributed by atoms with E-state index in [1.165, 1.54) is 0 Å². The van der Waals surface area contributed by atoms with Crippen LogP contribution in [-0.2, 0) is 6.42 Å². The highest BCUT2D eigenvalue weighted by molar-refractivity contribution is 6.30. The molecule has 2 amide bonds. The first-order valence-electron chi connectivity index (χ1n) is 10.0. The number of nitrogens with one attached hydrogen (secondary N) is 1. The van der Waals surface area contributed by atoms with Crippen LogP contribution in [0.3, 0.4) is 0 Å². The zero-order valence-electron chi connectivity index (χ0n) is 17.4. The van der Waals surface area contributed by atoms with Gasteiger partial charge in [0.1, 0.15) is 0 Å². The molecule has 3 aromatic rings. The highest BCUT2D eigenvalue weighted by Gasteiger charge is 2.18. The van der Waals surface area contributed by atoms with Crippen molar-refractivity contribution in [2.24, 2.45) is 0 Å². The van der Waals surface area contributed by atoms with Crippen LogP contribution in [0.4, 0.5) is 5.69 Å². The van der Waals surface area contributed by atoms with Crippen molar-refractivity contribution in [3.8, 4) is 5.69 Å². The van der Waals surface area contributed by atoms with Gasteiger partial charge < -0.3 is 10.2 Å². The number of anilines is 1. The molecule has 0 radical (unpaired) electrons. The minimum Gasteiger partial charge on any atom is -0.339 e. The van der Waals surface area contributed by atoms with Gasteiger partial charge in [0.2, 0.25) is 0 Å². The Morgan fingerprint density at radius 1 is 1.07 bits per heavy atom. The molecular weight excluding hydrogens is 400 g/mol. The fourth-order valence-electron chi connectivity index (χ4n) is 3.32. The van der Waals surface area contributed by atoms with Crippen LogP contribution in [0.2, 0.25) is 5.02 Å². The van der Waals surface area contributed by atoms with Crippen molar-refractivity contribution < 1.29 is 9.59 Å². The zero-order valence-corrected chi connectivity index (χ0v) is 18.1. The Morgan fingerprint density at radius 3 is 2.37 bits per heavy atom. The summed E-state index contributed by atoms with van der Waals surface area (Å²) in [4.78, 5) is 27.0. The molecule has 3 rings (SSSR count). The van der Waals surface area contributed by atoms with Gasteiger partial charge in [-0.25, -0.2) is 4.68 Å². The number of hydrogen-bond donors (Lipinski definition) is 1. The van der Waals surface area contributed by atoms with Crippen LogP contribution in [0.15, 0.2) is 54.7 Å². The summed E-state index contributed by atoms with van der Waals surface area (Å²) in [6, 6.07) is 14.3. The molecule has 0 atom stereocenters. The van der Waals surface area contributed by atoms with Gasteiger partial charge in [0, 0.05) is 29.4 Å². The van der Waals surface area contributed by atoms with Gasteiger partial charge in [-0.3, -0.25) is 9.59 Å². The number of hydrogen-bond acceptors (Lipinski definition) is 3. The van der Waals surface area contributed by atoms with E-state index >= 15 is 0 Å². The van der Waals surface area contributed by atoms with E-state index in [0.717, 1.165) is 11.4 Å². The molecule has 0 saturated heterocycles. The first kappa shape index (κ1) is 21.6. The average Bonchev–Trinajstić information content (AvgIpc) is 3.19. The number of carbonyl (C=O) groups excluding carboxylic acids is 2. The molecule has 0 bridgehead atoms. The number of nitrogens with zero attached hydrogens (tertiary/aromatic N) is 3. The standard InChI is InChI=1S/C23H25ClN4O2/c1-4-21-20(15-25-28(21)19-9-7-8-17(24)14-19)22(29)26-18-12-10-16(11-13-18)23(30)27(5-2)6-3/h7-15H,4-6H2,1-3H3,(H,26,29). The normalized spacial score (nSPS) is 10.7. The number of rotatable bonds is 7. The van der Waals surface area contributed by atoms with Crippen molar-refractivity contribution in [3.05, 3.63) is 76.6 Å². The van der Waals surface area contributed by atoms with Crippen molar-refractivity contribution in [2.75, 3.05) is 18.4 Å². The molecule has 0 spiro atoms. The van der Waals surface area contributed by atoms with E-state index in [2.05, 4.69) is 10.4 Å². The molecular formula is C23H25ClN4O2. The summed E-state index contributed by atoms with van der Waals surface area (Å²) in [6.45, 7) is 7.19. The minimum absolute atomic E-state index is 0.0195. The van der Waals surface area contributed by atoms with E-state index in [1.807, 2.05) is 32.9 Å². The van der Waals surface area contributed by atoms with Crippen LogP contribution in [0.1, 0.15) is 47.2 Å². The second-order valence-electron chi connectivity index (χ2n) is 6.76. The Labute approximate surface area is 181 Å². The summed E-state index contributed by atoms with van der Waals surface area (Å²) >= 11 is 6.09. The molecule has 6 nitrogen and oxygen atoms in total. The molecule has 156 valence electrons. The van der Waals surface area contributed by atoms with Crippen LogP contribution in [-0.4, -0.2) is 39.6 Å². The fourth-order valence-corrected chi connectivity index (χ4v) is 3.51. The molecule has 2 aromatic carbocycles. The third-order valence-corrected chi connectivity index (χ3v) is 5.18. The monoisotopic (exact) mass is 424 g/mol. The molecule has 0 aliphatic carbocycles. The summed E-state index contributed by atoms with van der Waals surface area (Å²) in [6.07, 6.45) is 2.19. The van der Waals surface area contributed by atoms with E-state index in [9.17, 15) is 9.59 Å². The summed E-state index contributed by atoms with van der Waals surface area (Å²) in [7, 11) is 0. The number of carbonyl (C=O) groups is 2.